The van der Waals surface area contributed by atoms with E-state index in [1.807, 2.05) is 25.1 Å². The van der Waals surface area contributed by atoms with Gasteiger partial charge < -0.3 is 9.15 Å². The number of para-hydroxylation sites is 1. The molecule has 19 heavy (non-hydrogen) atoms. The van der Waals surface area contributed by atoms with Crippen molar-refractivity contribution in [2.75, 3.05) is 7.11 Å². The number of aromatic nitrogens is 1. The molecule has 0 amide bonds. The predicted molar refractivity (Wildman–Crippen MR) is 73.8 cm³/mol. The fourth-order valence-electron chi connectivity index (χ4n) is 2.39. The summed E-state index contributed by atoms with van der Waals surface area (Å²) in [5.74, 6) is 1.26. The zero-order chi connectivity index (χ0) is 13.6. The lowest BCUT2D eigenvalue weighted by Gasteiger charge is -2.09. The zero-order valence-corrected chi connectivity index (χ0v) is 11.0. The molecule has 0 N–H and O–H groups in total. The molecule has 2 aromatic heterocycles. The summed E-state index contributed by atoms with van der Waals surface area (Å²) in [5, 5.41) is 1.44. The van der Waals surface area contributed by atoms with Crippen molar-refractivity contribution in [1.29, 1.82) is 0 Å². The maximum Gasteiger partial charge on any atom is 0.345 e. The van der Waals surface area contributed by atoms with Gasteiger partial charge in [-0.05, 0) is 25.5 Å². The molecule has 0 atom stereocenters. The molecule has 3 aromatic rings. The molecule has 4 nitrogen and oxygen atoms in total. The summed E-state index contributed by atoms with van der Waals surface area (Å²) in [7, 11) is 1.61. The van der Waals surface area contributed by atoms with Crippen LogP contribution in [0.4, 0.5) is 0 Å². The molecule has 0 saturated carbocycles. The first-order valence-electron chi connectivity index (χ1n) is 5.99. The third-order valence-electron chi connectivity index (χ3n) is 3.28. The number of methoxy groups -OCH3 is 1. The molecular formula is C15H13NO3. The van der Waals surface area contributed by atoms with Gasteiger partial charge in [-0.15, -0.1) is 0 Å². The highest BCUT2D eigenvalue weighted by Gasteiger charge is 2.13. The lowest BCUT2D eigenvalue weighted by Crippen LogP contribution is -2.04. The molecule has 1 aromatic carbocycles. The highest BCUT2D eigenvalue weighted by atomic mass is 16.5. The first kappa shape index (κ1) is 11.7. The van der Waals surface area contributed by atoms with E-state index < -0.39 is 0 Å². The molecule has 0 aliphatic rings. The minimum absolute atomic E-state index is 0.343. The van der Waals surface area contributed by atoms with E-state index in [9.17, 15) is 4.79 Å². The summed E-state index contributed by atoms with van der Waals surface area (Å²) in [6.45, 7) is 3.64. The molecule has 0 fully saturated rings. The van der Waals surface area contributed by atoms with Crippen molar-refractivity contribution in [2.24, 2.45) is 0 Å². The van der Waals surface area contributed by atoms with Crippen LogP contribution in [0.3, 0.4) is 0 Å². The van der Waals surface area contributed by atoms with Gasteiger partial charge in [-0.2, -0.15) is 0 Å². The van der Waals surface area contributed by atoms with Gasteiger partial charge in [-0.25, -0.2) is 9.78 Å². The Morgan fingerprint density at radius 3 is 2.79 bits per heavy atom. The van der Waals surface area contributed by atoms with Crippen LogP contribution in [0.2, 0.25) is 0 Å². The number of ether oxygens (including phenoxy) is 1. The summed E-state index contributed by atoms with van der Waals surface area (Å²) in [6.07, 6.45) is 0. The van der Waals surface area contributed by atoms with E-state index in [4.69, 9.17) is 9.15 Å². The number of hydrogen-bond acceptors (Lipinski definition) is 4. The fourth-order valence-corrected chi connectivity index (χ4v) is 2.39. The second-order valence-corrected chi connectivity index (χ2v) is 4.50. The van der Waals surface area contributed by atoms with Crippen molar-refractivity contribution in [2.45, 2.75) is 13.8 Å². The van der Waals surface area contributed by atoms with Gasteiger partial charge in [0, 0.05) is 11.5 Å². The minimum Gasteiger partial charge on any atom is -0.494 e. The Morgan fingerprint density at radius 2 is 2.05 bits per heavy atom. The number of pyridine rings is 1. The summed E-state index contributed by atoms with van der Waals surface area (Å²) < 4.78 is 10.5. The largest absolute Gasteiger partial charge is 0.494 e. The van der Waals surface area contributed by atoms with Crippen LogP contribution < -0.4 is 10.4 Å². The van der Waals surface area contributed by atoms with E-state index in [2.05, 4.69) is 4.98 Å². The molecule has 3 rings (SSSR count). The van der Waals surface area contributed by atoms with E-state index >= 15 is 0 Å². The molecule has 0 saturated heterocycles. The van der Waals surface area contributed by atoms with E-state index in [0.717, 1.165) is 16.5 Å². The summed E-state index contributed by atoms with van der Waals surface area (Å²) in [6, 6.07) is 7.45. The maximum absolute atomic E-state index is 12.0. The molecule has 0 bridgehead atoms. The highest BCUT2D eigenvalue weighted by Crippen LogP contribution is 2.29. The average molecular weight is 255 g/mol. The second-order valence-electron chi connectivity index (χ2n) is 4.50. The summed E-state index contributed by atoms with van der Waals surface area (Å²) in [5.41, 5.74) is 1.93. The van der Waals surface area contributed by atoms with Crippen molar-refractivity contribution in [1.82, 2.24) is 4.98 Å². The Labute approximate surface area is 109 Å². The van der Waals surface area contributed by atoms with Gasteiger partial charge in [0.15, 0.2) is 0 Å². The van der Waals surface area contributed by atoms with Gasteiger partial charge in [-0.1, -0.05) is 12.1 Å². The van der Waals surface area contributed by atoms with E-state index in [1.165, 1.54) is 0 Å². The number of aryl methyl sites for hydroxylation is 2. The van der Waals surface area contributed by atoms with Crippen LogP contribution in [0, 0.1) is 13.8 Å². The second kappa shape index (κ2) is 4.09. The van der Waals surface area contributed by atoms with Crippen LogP contribution in [0.5, 0.6) is 5.75 Å². The normalized spacial score (nSPS) is 11.1. The predicted octanol–water partition coefficient (Wildman–Crippen LogP) is 2.97. The summed E-state index contributed by atoms with van der Waals surface area (Å²) in [4.78, 5) is 16.5. The molecule has 0 aliphatic carbocycles. The first-order chi connectivity index (χ1) is 9.11. The smallest absolute Gasteiger partial charge is 0.345 e. The van der Waals surface area contributed by atoms with Crippen LogP contribution in [0.25, 0.3) is 21.8 Å². The molecule has 0 radical (unpaired) electrons. The van der Waals surface area contributed by atoms with Gasteiger partial charge in [-0.3, -0.25) is 0 Å². The van der Waals surface area contributed by atoms with Crippen LogP contribution in [-0.2, 0) is 0 Å². The van der Waals surface area contributed by atoms with Crippen LogP contribution in [0.15, 0.2) is 33.5 Å². The van der Waals surface area contributed by atoms with Gasteiger partial charge in [0.05, 0.1) is 18.0 Å². The van der Waals surface area contributed by atoms with Crippen LogP contribution in [0.1, 0.15) is 11.3 Å². The third-order valence-corrected chi connectivity index (χ3v) is 3.28. The monoisotopic (exact) mass is 255 g/mol. The van der Waals surface area contributed by atoms with Crippen molar-refractivity contribution in [3.63, 3.8) is 0 Å². The lowest BCUT2D eigenvalue weighted by molar-refractivity contribution is 0.419. The van der Waals surface area contributed by atoms with Gasteiger partial charge in [0.2, 0.25) is 0 Å². The third kappa shape index (κ3) is 1.68. The molecular weight excluding hydrogens is 242 g/mol. The standard InChI is InChI=1S/C15H13NO3/c1-8-7-11-13(15(17)19-8)9(2)10-5-4-6-12(18-3)14(10)16-11/h4-7H,1-3H3. The topological polar surface area (TPSA) is 52.3 Å². The quantitative estimate of drug-likeness (QED) is 0.627. The fraction of sp³-hybridized carbons (Fsp3) is 0.200. The molecule has 0 aliphatic heterocycles. The van der Waals surface area contributed by atoms with Crippen molar-refractivity contribution in [3.8, 4) is 5.75 Å². The Bertz CT molecular complexity index is 849. The maximum atomic E-state index is 12.0. The number of nitrogens with zero attached hydrogens (tertiary/aromatic N) is 1. The number of rotatable bonds is 1. The van der Waals surface area contributed by atoms with Crippen molar-refractivity contribution < 1.29 is 9.15 Å². The molecule has 0 unspecified atom stereocenters. The molecule has 2 heterocycles. The zero-order valence-electron chi connectivity index (χ0n) is 11.0. The Morgan fingerprint density at radius 1 is 1.26 bits per heavy atom. The van der Waals surface area contributed by atoms with Crippen molar-refractivity contribution in [3.05, 3.63) is 46.0 Å². The van der Waals surface area contributed by atoms with Gasteiger partial charge in [0.1, 0.15) is 17.0 Å². The lowest BCUT2D eigenvalue weighted by atomic mass is 10.1. The molecule has 96 valence electrons. The SMILES string of the molecule is COc1cccc2c(C)c3c(=O)oc(C)cc3nc12. The average Bonchev–Trinajstić information content (AvgIpc) is 2.37. The minimum atomic E-state index is -0.343. The Balaban J connectivity index is 2.60. The number of benzene rings is 1. The number of fused-ring (bicyclic) bond motifs is 2. The van der Waals surface area contributed by atoms with Crippen LogP contribution in [-0.4, -0.2) is 12.1 Å². The Hall–Kier alpha value is -2.36. The van der Waals surface area contributed by atoms with Crippen LogP contribution >= 0.6 is 0 Å². The van der Waals surface area contributed by atoms with E-state index in [-0.39, 0.29) is 5.63 Å². The molecule has 0 spiro atoms. The summed E-state index contributed by atoms with van der Waals surface area (Å²) >= 11 is 0. The Kier molecular flexibility index (Phi) is 2.52. The number of hydrogen-bond donors (Lipinski definition) is 0. The first-order valence-corrected chi connectivity index (χ1v) is 5.99. The van der Waals surface area contributed by atoms with E-state index in [1.54, 1.807) is 20.1 Å². The van der Waals surface area contributed by atoms with Gasteiger partial charge >= 0.3 is 5.63 Å². The van der Waals surface area contributed by atoms with E-state index in [0.29, 0.717) is 22.4 Å². The van der Waals surface area contributed by atoms with Gasteiger partial charge in [0.25, 0.3) is 0 Å². The molecule has 4 heteroatoms. The highest BCUT2D eigenvalue weighted by molar-refractivity contribution is 5.98. The van der Waals surface area contributed by atoms with Crippen molar-refractivity contribution >= 4 is 21.8 Å².